The average molecular weight is 236 g/mol. The molecular formula is C13H20N2S. The Bertz CT molecular complexity index is 330. The van der Waals surface area contributed by atoms with Crippen LogP contribution in [-0.4, -0.2) is 11.6 Å². The van der Waals surface area contributed by atoms with E-state index in [9.17, 15) is 0 Å². The molecule has 16 heavy (non-hydrogen) atoms. The Morgan fingerprint density at radius 2 is 1.94 bits per heavy atom. The molecule has 0 unspecified atom stereocenters. The van der Waals surface area contributed by atoms with Gasteiger partial charge in [-0.05, 0) is 35.8 Å². The molecule has 0 fully saturated rings. The third kappa shape index (κ3) is 4.71. The average Bonchev–Trinajstić information content (AvgIpc) is 2.25. The molecule has 0 saturated heterocycles. The van der Waals surface area contributed by atoms with Crippen molar-refractivity contribution in [3.8, 4) is 0 Å². The molecule has 3 N–H and O–H groups in total. The summed E-state index contributed by atoms with van der Waals surface area (Å²) in [6.07, 6.45) is 1.68. The largest absolute Gasteiger partial charge is 0.388 e. The van der Waals surface area contributed by atoms with Gasteiger partial charge in [-0.3, -0.25) is 5.41 Å². The number of amidine groups is 1. The molecule has 0 spiro atoms. The van der Waals surface area contributed by atoms with Gasteiger partial charge in [0.05, 0.1) is 5.84 Å². The summed E-state index contributed by atoms with van der Waals surface area (Å²) >= 11 is 1.83. The minimum absolute atomic E-state index is 0.288. The van der Waals surface area contributed by atoms with Crippen molar-refractivity contribution in [2.45, 2.75) is 37.5 Å². The first-order valence-electron chi connectivity index (χ1n) is 5.65. The Morgan fingerprint density at radius 1 is 1.31 bits per heavy atom. The van der Waals surface area contributed by atoms with Gasteiger partial charge in [-0.1, -0.05) is 26.0 Å². The van der Waals surface area contributed by atoms with Gasteiger partial charge in [0.1, 0.15) is 0 Å². The molecule has 0 bridgehead atoms. The molecule has 0 saturated carbocycles. The summed E-state index contributed by atoms with van der Waals surface area (Å²) in [6, 6.07) is 8.73. The predicted molar refractivity (Wildman–Crippen MR) is 72.4 cm³/mol. The second-order valence-electron chi connectivity index (χ2n) is 4.20. The standard InChI is InChI=1S/C13H20N2S/c1-10(2)11-5-7-12(8-6-11)16-9-3-4-13(14)15/h5-8,10H,3-4,9H2,1-2H3,(H3,14,15). The Labute approximate surface area is 102 Å². The monoisotopic (exact) mass is 236 g/mol. The minimum atomic E-state index is 0.288. The highest BCUT2D eigenvalue weighted by Crippen LogP contribution is 2.22. The molecule has 0 aliphatic heterocycles. The highest BCUT2D eigenvalue weighted by Gasteiger charge is 1.99. The maximum absolute atomic E-state index is 7.12. The molecule has 0 aromatic heterocycles. The fraction of sp³-hybridized carbons (Fsp3) is 0.462. The maximum atomic E-state index is 7.12. The molecule has 0 aliphatic carbocycles. The molecule has 1 rings (SSSR count). The van der Waals surface area contributed by atoms with Crippen molar-refractivity contribution < 1.29 is 0 Å². The Morgan fingerprint density at radius 3 is 2.44 bits per heavy atom. The van der Waals surface area contributed by atoms with E-state index in [1.807, 2.05) is 11.8 Å². The SMILES string of the molecule is CC(C)c1ccc(SCCCC(=N)N)cc1. The normalized spacial score (nSPS) is 10.7. The van der Waals surface area contributed by atoms with Crippen molar-refractivity contribution in [3.63, 3.8) is 0 Å². The van der Waals surface area contributed by atoms with Gasteiger partial charge in [0.2, 0.25) is 0 Å². The van der Waals surface area contributed by atoms with Crippen LogP contribution in [0.25, 0.3) is 0 Å². The van der Waals surface area contributed by atoms with Crippen LogP contribution in [0.5, 0.6) is 0 Å². The molecule has 2 nitrogen and oxygen atoms in total. The number of hydrogen-bond donors (Lipinski definition) is 2. The van der Waals surface area contributed by atoms with E-state index in [0.717, 1.165) is 12.2 Å². The zero-order chi connectivity index (χ0) is 12.0. The van der Waals surface area contributed by atoms with Gasteiger partial charge >= 0.3 is 0 Å². The molecule has 1 aromatic rings. The molecule has 0 aliphatic rings. The van der Waals surface area contributed by atoms with Crippen molar-refractivity contribution in [2.24, 2.45) is 5.73 Å². The van der Waals surface area contributed by atoms with E-state index in [1.54, 1.807) is 0 Å². The zero-order valence-electron chi connectivity index (χ0n) is 9.99. The van der Waals surface area contributed by atoms with Crippen LogP contribution in [-0.2, 0) is 0 Å². The summed E-state index contributed by atoms with van der Waals surface area (Å²) in [7, 11) is 0. The summed E-state index contributed by atoms with van der Waals surface area (Å²) in [4.78, 5) is 1.30. The van der Waals surface area contributed by atoms with Gasteiger partial charge in [-0.25, -0.2) is 0 Å². The van der Waals surface area contributed by atoms with Gasteiger partial charge in [0.15, 0.2) is 0 Å². The van der Waals surface area contributed by atoms with Crippen LogP contribution >= 0.6 is 11.8 Å². The fourth-order valence-corrected chi connectivity index (χ4v) is 2.25. The summed E-state index contributed by atoms with van der Waals surface area (Å²) in [6.45, 7) is 4.41. The lowest BCUT2D eigenvalue weighted by atomic mass is 10.0. The van der Waals surface area contributed by atoms with Gasteiger partial charge in [0, 0.05) is 11.3 Å². The number of thioether (sulfide) groups is 1. The second kappa shape index (κ2) is 6.59. The quantitative estimate of drug-likeness (QED) is 0.343. The third-order valence-corrected chi connectivity index (χ3v) is 3.50. The van der Waals surface area contributed by atoms with Crippen LogP contribution in [0.2, 0.25) is 0 Å². The summed E-state index contributed by atoms with van der Waals surface area (Å²) in [5.74, 6) is 1.91. The van der Waals surface area contributed by atoms with Gasteiger partial charge in [-0.15, -0.1) is 11.8 Å². The van der Waals surface area contributed by atoms with Gasteiger partial charge in [-0.2, -0.15) is 0 Å². The first kappa shape index (κ1) is 13.1. The van der Waals surface area contributed by atoms with Gasteiger partial charge < -0.3 is 5.73 Å². The van der Waals surface area contributed by atoms with E-state index in [2.05, 4.69) is 38.1 Å². The molecule has 0 radical (unpaired) electrons. The minimum Gasteiger partial charge on any atom is -0.388 e. The molecule has 1 aromatic carbocycles. The van der Waals surface area contributed by atoms with Crippen LogP contribution in [0.15, 0.2) is 29.2 Å². The summed E-state index contributed by atoms with van der Waals surface area (Å²) in [5.41, 5.74) is 6.68. The predicted octanol–water partition coefficient (Wildman–Crippen LogP) is 3.62. The van der Waals surface area contributed by atoms with Gasteiger partial charge in [0.25, 0.3) is 0 Å². The van der Waals surface area contributed by atoms with Crippen molar-refractivity contribution in [1.82, 2.24) is 0 Å². The highest BCUT2D eigenvalue weighted by atomic mass is 32.2. The lowest BCUT2D eigenvalue weighted by Gasteiger charge is -2.06. The van der Waals surface area contributed by atoms with Crippen LogP contribution in [0.3, 0.4) is 0 Å². The van der Waals surface area contributed by atoms with Crippen molar-refractivity contribution in [3.05, 3.63) is 29.8 Å². The summed E-state index contributed by atoms with van der Waals surface area (Å²) in [5, 5.41) is 7.12. The second-order valence-corrected chi connectivity index (χ2v) is 5.37. The lowest BCUT2D eigenvalue weighted by Crippen LogP contribution is -2.08. The van der Waals surface area contributed by atoms with E-state index < -0.39 is 0 Å². The Hall–Kier alpha value is -0.960. The third-order valence-electron chi connectivity index (χ3n) is 2.41. The maximum Gasteiger partial charge on any atom is 0.0905 e. The summed E-state index contributed by atoms with van der Waals surface area (Å²) < 4.78 is 0. The molecule has 0 heterocycles. The fourth-order valence-electron chi connectivity index (χ4n) is 1.40. The number of hydrogen-bond acceptors (Lipinski definition) is 2. The first-order chi connectivity index (χ1) is 7.59. The molecular weight excluding hydrogens is 216 g/mol. The van der Waals surface area contributed by atoms with Crippen LogP contribution in [0, 0.1) is 5.41 Å². The van der Waals surface area contributed by atoms with Crippen LogP contribution < -0.4 is 5.73 Å². The number of nitrogens with one attached hydrogen (secondary N) is 1. The Kier molecular flexibility index (Phi) is 5.39. The molecule has 3 heteroatoms. The van der Waals surface area contributed by atoms with E-state index in [1.165, 1.54) is 10.5 Å². The molecule has 0 atom stereocenters. The Balaban J connectivity index is 2.35. The topological polar surface area (TPSA) is 49.9 Å². The van der Waals surface area contributed by atoms with E-state index in [-0.39, 0.29) is 5.84 Å². The van der Waals surface area contributed by atoms with E-state index in [4.69, 9.17) is 11.1 Å². The number of benzene rings is 1. The molecule has 0 amide bonds. The number of nitrogens with two attached hydrogens (primary N) is 1. The zero-order valence-corrected chi connectivity index (χ0v) is 10.8. The van der Waals surface area contributed by atoms with Crippen LogP contribution in [0.1, 0.15) is 38.2 Å². The van der Waals surface area contributed by atoms with Crippen molar-refractivity contribution in [2.75, 3.05) is 5.75 Å². The van der Waals surface area contributed by atoms with Crippen molar-refractivity contribution in [1.29, 1.82) is 5.41 Å². The molecule has 88 valence electrons. The van der Waals surface area contributed by atoms with Crippen molar-refractivity contribution >= 4 is 17.6 Å². The highest BCUT2D eigenvalue weighted by molar-refractivity contribution is 7.99. The van der Waals surface area contributed by atoms with Crippen LogP contribution in [0.4, 0.5) is 0 Å². The van der Waals surface area contributed by atoms with E-state index >= 15 is 0 Å². The van der Waals surface area contributed by atoms with E-state index in [0.29, 0.717) is 12.3 Å². The lowest BCUT2D eigenvalue weighted by molar-refractivity contribution is 0.865. The smallest absolute Gasteiger partial charge is 0.0905 e. The number of rotatable bonds is 6. The first-order valence-corrected chi connectivity index (χ1v) is 6.64.